The lowest BCUT2D eigenvalue weighted by Gasteiger charge is -2.36. The number of alkyl halides is 3. The van der Waals surface area contributed by atoms with Crippen molar-refractivity contribution in [2.24, 2.45) is 0 Å². The number of hydrogen-bond donors (Lipinski definition) is 0. The molecule has 1 amide bonds. The van der Waals surface area contributed by atoms with Crippen LogP contribution < -0.4 is 4.90 Å². The molecule has 1 aromatic heterocycles. The number of halogens is 4. The van der Waals surface area contributed by atoms with Gasteiger partial charge in [-0.15, -0.1) is 0 Å². The number of carbonyl (C=O) groups excluding carboxylic acids is 1. The molecule has 0 bridgehead atoms. The van der Waals surface area contributed by atoms with Crippen LogP contribution in [0.4, 0.5) is 23.2 Å². The molecule has 4 rings (SSSR count). The van der Waals surface area contributed by atoms with Gasteiger partial charge in [-0.3, -0.25) is 9.69 Å². The lowest BCUT2D eigenvalue weighted by Crippen LogP contribution is -2.44. The largest absolute Gasteiger partial charge is 0.471 e. The first-order chi connectivity index (χ1) is 13.8. The first kappa shape index (κ1) is 19.1. The highest BCUT2D eigenvalue weighted by Crippen LogP contribution is 2.34. The van der Waals surface area contributed by atoms with Crippen LogP contribution in [0.5, 0.6) is 0 Å². The number of anilines is 1. The number of nitrogens with zero attached hydrogens (tertiary/aromatic N) is 3. The molecule has 0 unspecified atom stereocenters. The van der Waals surface area contributed by atoms with Crippen molar-refractivity contribution in [3.8, 4) is 11.4 Å². The first-order valence-electron chi connectivity index (χ1n) is 8.50. The minimum absolute atomic E-state index is 0.0116. The molecule has 1 aliphatic heterocycles. The maximum absolute atomic E-state index is 14.9. The van der Waals surface area contributed by atoms with Gasteiger partial charge in [0.2, 0.25) is 5.82 Å². The van der Waals surface area contributed by atoms with Crippen molar-refractivity contribution in [2.45, 2.75) is 12.2 Å². The Morgan fingerprint density at radius 3 is 2.52 bits per heavy atom. The number of amides is 1. The smallest absolute Gasteiger partial charge is 0.369 e. The van der Waals surface area contributed by atoms with Crippen molar-refractivity contribution in [2.75, 3.05) is 18.1 Å². The second-order valence-electron chi connectivity index (χ2n) is 6.29. The quantitative estimate of drug-likeness (QED) is 0.614. The summed E-state index contributed by atoms with van der Waals surface area (Å²) in [5, 5.41) is 3.24. The Hall–Kier alpha value is -3.27. The van der Waals surface area contributed by atoms with E-state index in [4.69, 9.17) is 4.74 Å². The molecule has 29 heavy (non-hydrogen) atoms. The second-order valence-corrected chi connectivity index (χ2v) is 6.29. The summed E-state index contributed by atoms with van der Waals surface area (Å²) in [5.74, 6) is -3.17. The summed E-state index contributed by atoms with van der Waals surface area (Å²) in [6, 6.07) is 12.0. The van der Waals surface area contributed by atoms with E-state index in [1.54, 1.807) is 24.3 Å². The summed E-state index contributed by atoms with van der Waals surface area (Å²) in [4.78, 5) is 17.0. The topological polar surface area (TPSA) is 68.5 Å². The molecule has 0 N–H and O–H groups in total. The molecule has 1 saturated heterocycles. The lowest BCUT2D eigenvalue weighted by atomic mass is 10.0. The van der Waals surface area contributed by atoms with Gasteiger partial charge in [0, 0.05) is 5.56 Å². The molecule has 0 aliphatic carbocycles. The van der Waals surface area contributed by atoms with E-state index in [1.807, 2.05) is 6.07 Å². The summed E-state index contributed by atoms with van der Waals surface area (Å²) < 4.78 is 62.2. The minimum Gasteiger partial charge on any atom is -0.369 e. The minimum atomic E-state index is -4.80. The van der Waals surface area contributed by atoms with Crippen LogP contribution in [-0.2, 0) is 15.7 Å². The van der Waals surface area contributed by atoms with E-state index in [9.17, 15) is 22.4 Å². The fourth-order valence-electron chi connectivity index (χ4n) is 3.10. The third kappa shape index (κ3) is 3.70. The van der Waals surface area contributed by atoms with Crippen LogP contribution in [0.2, 0.25) is 0 Å². The number of hydrogen-bond acceptors (Lipinski definition) is 5. The van der Waals surface area contributed by atoms with Gasteiger partial charge in [-0.25, -0.2) is 4.39 Å². The lowest BCUT2D eigenvalue weighted by molar-refractivity contribution is -0.159. The number of carbonyl (C=O) groups is 1. The third-order valence-electron chi connectivity index (χ3n) is 4.40. The highest BCUT2D eigenvalue weighted by atomic mass is 19.4. The van der Waals surface area contributed by atoms with Gasteiger partial charge in [-0.05, 0) is 23.8 Å². The van der Waals surface area contributed by atoms with E-state index >= 15 is 0 Å². The second kappa shape index (κ2) is 7.28. The van der Waals surface area contributed by atoms with E-state index in [0.29, 0.717) is 0 Å². The average Bonchev–Trinajstić information content (AvgIpc) is 3.20. The van der Waals surface area contributed by atoms with Crippen molar-refractivity contribution < 1.29 is 31.6 Å². The molecular formula is C19H13F4N3O3. The zero-order chi connectivity index (χ0) is 20.6. The Morgan fingerprint density at radius 2 is 1.86 bits per heavy atom. The molecular weight excluding hydrogens is 394 g/mol. The summed E-state index contributed by atoms with van der Waals surface area (Å²) >= 11 is 0. The molecule has 0 saturated carbocycles. The highest BCUT2D eigenvalue weighted by Gasteiger charge is 2.39. The molecule has 2 heterocycles. The third-order valence-corrected chi connectivity index (χ3v) is 4.40. The molecule has 0 radical (unpaired) electrons. The maximum Gasteiger partial charge on any atom is 0.471 e. The zero-order valence-corrected chi connectivity index (χ0v) is 14.7. The van der Waals surface area contributed by atoms with Crippen molar-refractivity contribution in [1.29, 1.82) is 0 Å². The number of aromatic nitrogens is 2. The summed E-state index contributed by atoms with van der Waals surface area (Å²) in [7, 11) is 0. The molecule has 2 aromatic carbocycles. The number of rotatable bonds is 3. The van der Waals surface area contributed by atoms with Gasteiger partial charge >= 0.3 is 12.1 Å². The molecule has 150 valence electrons. The van der Waals surface area contributed by atoms with Gasteiger partial charge in [0.15, 0.2) is 0 Å². The van der Waals surface area contributed by atoms with Crippen LogP contribution in [-0.4, -0.2) is 29.3 Å². The molecule has 1 aliphatic rings. The maximum atomic E-state index is 14.9. The van der Waals surface area contributed by atoms with Crippen molar-refractivity contribution in [1.82, 2.24) is 10.1 Å². The first-order valence-corrected chi connectivity index (χ1v) is 8.50. The van der Waals surface area contributed by atoms with Crippen LogP contribution in [0.1, 0.15) is 17.5 Å². The van der Waals surface area contributed by atoms with Crippen LogP contribution in [0.3, 0.4) is 0 Å². The molecule has 3 aromatic rings. The van der Waals surface area contributed by atoms with E-state index < -0.39 is 35.7 Å². The summed E-state index contributed by atoms with van der Waals surface area (Å²) in [6.45, 7) is -0.0267. The van der Waals surface area contributed by atoms with E-state index in [2.05, 4.69) is 14.7 Å². The van der Waals surface area contributed by atoms with Crippen molar-refractivity contribution in [3.05, 3.63) is 65.8 Å². The van der Waals surface area contributed by atoms with Crippen molar-refractivity contribution in [3.63, 3.8) is 0 Å². The molecule has 1 atom stereocenters. The zero-order valence-electron chi connectivity index (χ0n) is 14.7. The molecule has 10 heteroatoms. The summed E-state index contributed by atoms with van der Waals surface area (Å²) in [5.41, 5.74) is 0.731. The van der Waals surface area contributed by atoms with Gasteiger partial charge in [0.1, 0.15) is 12.4 Å². The van der Waals surface area contributed by atoms with E-state index in [1.165, 1.54) is 17.0 Å². The van der Waals surface area contributed by atoms with Gasteiger partial charge < -0.3 is 9.26 Å². The predicted molar refractivity (Wildman–Crippen MR) is 92.2 cm³/mol. The van der Waals surface area contributed by atoms with Gasteiger partial charge in [0.05, 0.1) is 18.3 Å². The Morgan fingerprint density at radius 1 is 1.10 bits per heavy atom. The Balaban J connectivity index is 1.69. The number of ether oxygens (including phenoxy) is 1. The van der Waals surface area contributed by atoms with Gasteiger partial charge in [-0.1, -0.05) is 35.5 Å². The fourth-order valence-corrected chi connectivity index (χ4v) is 3.10. The SMILES string of the molecule is O=C1COC[C@@H](c2ccccc2)N1c1ccc(-c2noc(C(F)(F)F)n2)cc1F. The Kier molecular flexibility index (Phi) is 4.79. The van der Waals surface area contributed by atoms with Crippen LogP contribution >= 0.6 is 0 Å². The van der Waals surface area contributed by atoms with Gasteiger partial charge in [-0.2, -0.15) is 18.2 Å². The monoisotopic (exact) mass is 407 g/mol. The number of benzene rings is 2. The highest BCUT2D eigenvalue weighted by molar-refractivity contribution is 5.96. The van der Waals surface area contributed by atoms with Crippen LogP contribution in [0.25, 0.3) is 11.4 Å². The Labute approximate surface area is 161 Å². The standard InChI is InChI=1S/C19H13F4N3O3/c20-13-8-12(17-24-18(29-25-17)19(21,22)23)6-7-14(13)26-15(9-28-10-16(26)27)11-4-2-1-3-5-11/h1-8,15H,9-10H2/t15-/m0/s1. The van der Waals surface area contributed by atoms with Gasteiger partial charge in [0.25, 0.3) is 5.91 Å². The fraction of sp³-hybridized carbons (Fsp3) is 0.211. The normalized spacial score (nSPS) is 17.6. The van der Waals surface area contributed by atoms with Crippen LogP contribution in [0.15, 0.2) is 53.1 Å². The average molecular weight is 407 g/mol. The van der Waals surface area contributed by atoms with E-state index in [0.717, 1.165) is 11.6 Å². The molecule has 1 fully saturated rings. The molecule has 6 nitrogen and oxygen atoms in total. The Bertz CT molecular complexity index is 1040. The molecule has 0 spiro atoms. The van der Waals surface area contributed by atoms with Crippen molar-refractivity contribution >= 4 is 11.6 Å². The number of morpholine rings is 1. The van der Waals surface area contributed by atoms with E-state index in [-0.39, 0.29) is 24.5 Å². The predicted octanol–water partition coefficient (Wildman–Crippen LogP) is 4.00. The van der Waals surface area contributed by atoms with Crippen LogP contribution in [0, 0.1) is 5.82 Å². The summed E-state index contributed by atoms with van der Waals surface area (Å²) in [6.07, 6.45) is -4.80.